The second kappa shape index (κ2) is 6.54. The van der Waals surface area contributed by atoms with Crippen molar-refractivity contribution in [2.24, 2.45) is 0 Å². The molecule has 1 unspecified atom stereocenters. The number of carboxylic acids is 1. The number of aromatic carboxylic acids is 1. The average molecular weight is 287 g/mol. The van der Waals surface area contributed by atoms with Crippen molar-refractivity contribution in [1.29, 1.82) is 0 Å². The summed E-state index contributed by atoms with van der Waals surface area (Å²) >= 11 is 0. The number of nitrogens with zero attached hydrogens (tertiary/aromatic N) is 2. The third-order valence-corrected chi connectivity index (χ3v) is 3.35. The van der Waals surface area contributed by atoms with E-state index in [1.165, 1.54) is 0 Å². The molecule has 5 nitrogen and oxygen atoms in total. The highest BCUT2D eigenvalue weighted by Gasteiger charge is 2.12. The average Bonchev–Trinajstić information content (AvgIpc) is 2.45. The van der Waals surface area contributed by atoms with Crippen molar-refractivity contribution in [3.05, 3.63) is 36.0 Å². The van der Waals surface area contributed by atoms with Crippen molar-refractivity contribution in [3.63, 3.8) is 0 Å². The number of hydrogen-bond acceptors (Lipinski definition) is 4. The summed E-state index contributed by atoms with van der Waals surface area (Å²) in [4.78, 5) is 17.5. The van der Waals surface area contributed by atoms with Gasteiger partial charge in [0.1, 0.15) is 0 Å². The maximum atomic E-state index is 11.2. The van der Waals surface area contributed by atoms with Crippen LogP contribution >= 0.6 is 0 Å². The predicted molar refractivity (Wildman–Crippen MR) is 85.0 cm³/mol. The topological polar surface area (TPSA) is 65.5 Å². The first kappa shape index (κ1) is 15.3. The maximum absolute atomic E-state index is 11.2. The quantitative estimate of drug-likeness (QED) is 0.855. The molecule has 0 saturated carbocycles. The second-order valence-electron chi connectivity index (χ2n) is 5.51. The summed E-state index contributed by atoms with van der Waals surface area (Å²) in [7, 11) is 4.08. The Hall–Kier alpha value is -2.14. The minimum absolute atomic E-state index is 0.0657. The van der Waals surface area contributed by atoms with Gasteiger partial charge in [0.25, 0.3) is 0 Å². The van der Waals surface area contributed by atoms with Crippen LogP contribution in [0.5, 0.6) is 0 Å². The first-order chi connectivity index (χ1) is 9.97. The fourth-order valence-electron chi connectivity index (χ4n) is 2.19. The van der Waals surface area contributed by atoms with Crippen molar-refractivity contribution in [3.8, 4) is 0 Å². The molecule has 0 fully saturated rings. The molecule has 2 rings (SSSR count). The van der Waals surface area contributed by atoms with Gasteiger partial charge in [0, 0.05) is 17.1 Å². The Bertz CT molecular complexity index is 640. The van der Waals surface area contributed by atoms with E-state index in [-0.39, 0.29) is 11.7 Å². The Morgan fingerprint density at radius 1 is 1.38 bits per heavy atom. The minimum atomic E-state index is -1.01. The number of benzene rings is 1. The van der Waals surface area contributed by atoms with Crippen LogP contribution in [0.4, 0.5) is 5.69 Å². The monoisotopic (exact) mass is 287 g/mol. The van der Waals surface area contributed by atoms with Crippen LogP contribution in [-0.4, -0.2) is 47.6 Å². The summed E-state index contributed by atoms with van der Waals surface area (Å²) in [6, 6.07) is 9.43. The number of anilines is 1. The Morgan fingerprint density at radius 2 is 2.10 bits per heavy atom. The maximum Gasteiger partial charge on any atom is 0.354 e. The number of fused-ring (bicyclic) bond motifs is 1. The lowest BCUT2D eigenvalue weighted by molar-refractivity contribution is 0.0691. The third kappa shape index (κ3) is 3.92. The number of carbonyl (C=O) groups is 1. The first-order valence-electron chi connectivity index (χ1n) is 7.01. The van der Waals surface area contributed by atoms with Gasteiger partial charge in [-0.2, -0.15) is 0 Å². The molecule has 1 aromatic heterocycles. The van der Waals surface area contributed by atoms with Crippen LogP contribution in [0.2, 0.25) is 0 Å². The van der Waals surface area contributed by atoms with Crippen LogP contribution in [0.15, 0.2) is 30.3 Å². The van der Waals surface area contributed by atoms with Gasteiger partial charge in [0.05, 0.1) is 5.52 Å². The van der Waals surface area contributed by atoms with Crippen LogP contribution in [0.1, 0.15) is 23.8 Å². The molecule has 0 bridgehead atoms. The van der Waals surface area contributed by atoms with Gasteiger partial charge < -0.3 is 15.3 Å². The number of aromatic nitrogens is 1. The molecule has 0 radical (unpaired) electrons. The van der Waals surface area contributed by atoms with E-state index in [0.29, 0.717) is 5.52 Å². The number of para-hydroxylation sites is 1. The van der Waals surface area contributed by atoms with E-state index in [1.807, 2.05) is 38.4 Å². The minimum Gasteiger partial charge on any atom is -0.477 e. The van der Waals surface area contributed by atoms with Crippen molar-refractivity contribution in [2.45, 2.75) is 19.4 Å². The second-order valence-corrected chi connectivity index (χ2v) is 5.51. The Morgan fingerprint density at radius 3 is 2.76 bits per heavy atom. The molecule has 0 amide bonds. The molecule has 1 aromatic carbocycles. The van der Waals surface area contributed by atoms with Gasteiger partial charge in [-0.05, 0) is 46.1 Å². The van der Waals surface area contributed by atoms with Crippen molar-refractivity contribution in [2.75, 3.05) is 26.0 Å². The summed E-state index contributed by atoms with van der Waals surface area (Å²) in [5.74, 6) is -1.01. The van der Waals surface area contributed by atoms with Crippen molar-refractivity contribution < 1.29 is 9.90 Å². The molecule has 5 heteroatoms. The molecule has 0 aliphatic carbocycles. The molecule has 0 aliphatic heterocycles. The zero-order valence-corrected chi connectivity index (χ0v) is 12.6. The van der Waals surface area contributed by atoms with Gasteiger partial charge in [-0.3, -0.25) is 0 Å². The number of carboxylic acid groups (broad SMARTS) is 1. The normalized spacial score (nSPS) is 12.6. The Kier molecular flexibility index (Phi) is 4.75. The highest BCUT2D eigenvalue weighted by atomic mass is 16.4. The van der Waals surface area contributed by atoms with E-state index in [1.54, 1.807) is 6.07 Å². The molecule has 0 spiro atoms. The number of pyridine rings is 1. The van der Waals surface area contributed by atoms with Gasteiger partial charge >= 0.3 is 5.97 Å². The highest BCUT2D eigenvalue weighted by molar-refractivity contribution is 5.97. The van der Waals surface area contributed by atoms with Gasteiger partial charge in [0.15, 0.2) is 5.69 Å². The van der Waals surface area contributed by atoms with Crippen molar-refractivity contribution in [1.82, 2.24) is 9.88 Å². The van der Waals surface area contributed by atoms with Gasteiger partial charge in [-0.15, -0.1) is 0 Å². The Labute approximate surface area is 124 Å². The molecule has 1 heterocycles. The zero-order valence-electron chi connectivity index (χ0n) is 12.6. The highest BCUT2D eigenvalue weighted by Crippen LogP contribution is 2.24. The molecule has 2 aromatic rings. The van der Waals surface area contributed by atoms with Gasteiger partial charge in [0.2, 0.25) is 0 Å². The van der Waals surface area contributed by atoms with Crippen LogP contribution < -0.4 is 5.32 Å². The fourth-order valence-corrected chi connectivity index (χ4v) is 2.19. The van der Waals surface area contributed by atoms with E-state index >= 15 is 0 Å². The van der Waals surface area contributed by atoms with Crippen LogP contribution in [0.25, 0.3) is 10.9 Å². The molecular weight excluding hydrogens is 266 g/mol. The molecule has 1 atom stereocenters. The molecule has 112 valence electrons. The van der Waals surface area contributed by atoms with E-state index < -0.39 is 5.97 Å². The van der Waals surface area contributed by atoms with Gasteiger partial charge in [-0.1, -0.05) is 18.2 Å². The van der Waals surface area contributed by atoms with E-state index in [0.717, 1.165) is 24.0 Å². The first-order valence-corrected chi connectivity index (χ1v) is 7.01. The molecule has 21 heavy (non-hydrogen) atoms. The van der Waals surface area contributed by atoms with E-state index in [9.17, 15) is 9.90 Å². The van der Waals surface area contributed by atoms with Crippen LogP contribution in [0, 0.1) is 0 Å². The number of nitrogens with one attached hydrogen (secondary N) is 1. The third-order valence-electron chi connectivity index (χ3n) is 3.35. The summed E-state index contributed by atoms with van der Waals surface area (Å²) in [5.41, 5.74) is 1.58. The lowest BCUT2D eigenvalue weighted by Crippen LogP contribution is -2.23. The molecular formula is C16H21N3O2. The fraction of sp³-hybridized carbons (Fsp3) is 0.375. The summed E-state index contributed by atoms with van der Waals surface area (Å²) < 4.78 is 0. The van der Waals surface area contributed by atoms with E-state index in [2.05, 4.69) is 22.1 Å². The number of rotatable bonds is 6. The lowest BCUT2D eigenvalue weighted by atomic mass is 10.1. The predicted octanol–water partition coefficient (Wildman–Crippen LogP) is 2.69. The van der Waals surface area contributed by atoms with E-state index in [4.69, 9.17) is 0 Å². The van der Waals surface area contributed by atoms with Gasteiger partial charge in [-0.25, -0.2) is 9.78 Å². The van der Waals surface area contributed by atoms with Crippen LogP contribution in [-0.2, 0) is 0 Å². The molecule has 2 N–H and O–H groups in total. The lowest BCUT2D eigenvalue weighted by Gasteiger charge is -2.19. The summed E-state index contributed by atoms with van der Waals surface area (Å²) in [5, 5.41) is 13.5. The Balaban J connectivity index is 2.30. The van der Waals surface area contributed by atoms with Crippen LogP contribution in [0.3, 0.4) is 0 Å². The van der Waals surface area contributed by atoms with Crippen molar-refractivity contribution >= 4 is 22.6 Å². The SMILES string of the molecule is CC(CCN(C)C)Nc1cc(C(=O)O)nc2ccccc12. The molecule has 0 saturated heterocycles. The summed E-state index contributed by atoms with van der Waals surface area (Å²) in [6.45, 7) is 3.07. The smallest absolute Gasteiger partial charge is 0.354 e. The largest absolute Gasteiger partial charge is 0.477 e. The summed E-state index contributed by atoms with van der Waals surface area (Å²) in [6.07, 6.45) is 0.978. The zero-order chi connectivity index (χ0) is 15.4. The standard InChI is InChI=1S/C16H21N3O2/c1-11(8-9-19(2)3)17-14-10-15(16(20)21)18-13-7-5-4-6-12(13)14/h4-7,10-11H,8-9H2,1-3H3,(H,17,18)(H,20,21). The molecule has 0 aliphatic rings. The number of hydrogen-bond donors (Lipinski definition) is 2.